The highest BCUT2D eigenvalue weighted by molar-refractivity contribution is 6.21. The van der Waals surface area contributed by atoms with Gasteiger partial charge in [0.05, 0.1) is 23.3 Å². The number of nitrogens with one attached hydrogen (secondary N) is 1. The SMILES string of the molecule is COC1(CN2C(=O)c3ccccc3C2=O)CCC(NC(=O)OC(C)(C)C)CC1. The average molecular weight is 388 g/mol. The van der Waals surface area contributed by atoms with Crippen LogP contribution in [-0.2, 0) is 9.47 Å². The molecule has 0 bridgehead atoms. The number of hydrogen-bond acceptors (Lipinski definition) is 5. The van der Waals surface area contributed by atoms with Gasteiger partial charge in [-0.1, -0.05) is 12.1 Å². The zero-order valence-electron chi connectivity index (χ0n) is 16.9. The molecule has 3 rings (SSSR count). The molecule has 1 heterocycles. The van der Waals surface area contributed by atoms with Crippen molar-refractivity contribution in [3.05, 3.63) is 35.4 Å². The molecule has 0 unspecified atom stereocenters. The summed E-state index contributed by atoms with van der Waals surface area (Å²) in [5, 5.41) is 2.90. The van der Waals surface area contributed by atoms with E-state index in [1.807, 2.05) is 20.8 Å². The molecule has 7 heteroatoms. The number of fused-ring (bicyclic) bond motifs is 1. The predicted molar refractivity (Wildman–Crippen MR) is 103 cm³/mol. The molecule has 0 atom stereocenters. The first-order chi connectivity index (χ1) is 13.1. The number of carbonyl (C=O) groups is 3. The van der Waals surface area contributed by atoms with Gasteiger partial charge in [0, 0.05) is 13.2 Å². The number of hydrogen-bond donors (Lipinski definition) is 1. The third-order valence-electron chi connectivity index (χ3n) is 5.38. The summed E-state index contributed by atoms with van der Waals surface area (Å²) in [5.74, 6) is -0.544. The maximum absolute atomic E-state index is 12.7. The highest BCUT2D eigenvalue weighted by Gasteiger charge is 2.44. The molecule has 1 N–H and O–H groups in total. The van der Waals surface area contributed by atoms with Crippen molar-refractivity contribution in [2.45, 2.75) is 63.7 Å². The molecule has 1 aliphatic carbocycles. The fourth-order valence-electron chi connectivity index (χ4n) is 3.86. The second-order valence-electron chi connectivity index (χ2n) is 8.55. The first-order valence-corrected chi connectivity index (χ1v) is 9.64. The molecule has 0 radical (unpaired) electrons. The van der Waals surface area contributed by atoms with Crippen LogP contribution in [0.25, 0.3) is 0 Å². The van der Waals surface area contributed by atoms with E-state index < -0.39 is 17.3 Å². The van der Waals surface area contributed by atoms with Gasteiger partial charge in [0.2, 0.25) is 0 Å². The van der Waals surface area contributed by atoms with Crippen LogP contribution < -0.4 is 5.32 Å². The lowest BCUT2D eigenvalue weighted by atomic mass is 9.81. The molecular formula is C21H28N2O5. The summed E-state index contributed by atoms with van der Waals surface area (Å²) in [7, 11) is 1.61. The van der Waals surface area contributed by atoms with Crippen molar-refractivity contribution in [2.75, 3.05) is 13.7 Å². The van der Waals surface area contributed by atoms with Gasteiger partial charge in [-0.3, -0.25) is 14.5 Å². The van der Waals surface area contributed by atoms with Crippen molar-refractivity contribution in [2.24, 2.45) is 0 Å². The molecule has 0 aromatic heterocycles. The zero-order valence-corrected chi connectivity index (χ0v) is 16.9. The topological polar surface area (TPSA) is 84.9 Å². The predicted octanol–water partition coefficient (Wildman–Crippen LogP) is 3.14. The van der Waals surface area contributed by atoms with Gasteiger partial charge in [-0.2, -0.15) is 0 Å². The van der Waals surface area contributed by atoms with Crippen molar-refractivity contribution in [3.63, 3.8) is 0 Å². The summed E-state index contributed by atoms with van der Waals surface area (Å²) in [6, 6.07) is 6.86. The number of carbonyl (C=O) groups excluding carboxylic acids is 3. The maximum Gasteiger partial charge on any atom is 0.407 e. The van der Waals surface area contributed by atoms with E-state index in [0.717, 1.165) is 0 Å². The number of methoxy groups -OCH3 is 1. The van der Waals surface area contributed by atoms with E-state index >= 15 is 0 Å². The number of rotatable bonds is 4. The van der Waals surface area contributed by atoms with Gasteiger partial charge < -0.3 is 14.8 Å². The third kappa shape index (κ3) is 4.19. The Morgan fingerprint density at radius 2 is 1.68 bits per heavy atom. The summed E-state index contributed by atoms with van der Waals surface area (Å²) in [5.41, 5.74) is -0.252. The van der Waals surface area contributed by atoms with E-state index in [4.69, 9.17) is 9.47 Å². The van der Waals surface area contributed by atoms with Crippen LogP contribution >= 0.6 is 0 Å². The van der Waals surface area contributed by atoms with Gasteiger partial charge >= 0.3 is 6.09 Å². The Morgan fingerprint density at radius 1 is 1.14 bits per heavy atom. The Kier molecular flexibility index (Phi) is 5.48. The molecule has 1 aromatic carbocycles. The van der Waals surface area contributed by atoms with Crippen LogP contribution in [0.2, 0.25) is 0 Å². The van der Waals surface area contributed by atoms with E-state index in [1.54, 1.807) is 31.4 Å². The molecule has 2 aliphatic rings. The first-order valence-electron chi connectivity index (χ1n) is 9.64. The fourth-order valence-corrected chi connectivity index (χ4v) is 3.86. The number of ether oxygens (including phenoxy) is 2. The Balaban J connectivity index is 1.61. The number of imide groups is 1. The van der Waals surface area contributed by atoms with E-state index in [2.05, 4.69) is 5.32 Å². The molecule has 1 aliphatic heterocycles. The monoisotopic (exact) mass is 388 g/mol. The van der Waals surface area contributed by atoms with Crippen LogP contribution in [0.3, 0.4) is 0 Å². The number of benzene rings is 1. The normalized spacial score (nSPS) is 24.9. The molecule has 0 spiro atoms. The van der Waals surface area contributed by atoms with Gasteiger partial charge in [-0.05, 0) is 58.6 Å². The molecule has 152 valence electrons. The van der Waals surface area contributed by atoms with Crippen LogP contribution in [0.1, 0.15) is 67.2 Å². The van der Waals surface area contributed by atoms with Gasteiger partial charge in [0.1, 0.15) is 5.60 Å². The molecule has 7 nitrogen and oxygen atoms in total. The average Bonchev–Trinajstić information content (AvgIpc) is 2.87. The van der Waals surface area contributed by atoms with Crippen molar-refractivity contribution in [1.82, 2.24) is 10.2 Å². The molecule has 3 amide bonds. The van der Waals surface area contributed by atoms with E-state index in [9.17, 15) is 14.4 Å². The van der Waals surface area contributed by atoms with Crippen molar-refractivity contribution in [1.29, 1.82) is 0 Å². The lowest BCUT2D eigenvalue weighted by molar-refractivity contribution is -0.0574. The van der Waals surface area contributed by atoms with Gasteiger partial charge in [-0.15, -0.1) is 0 Å². The zero-order chi connectivity index (χ0) is 20.5. The molecule has 28 heavy (non-hydrogen) atoms. The number of alkyl carbamates (subject to hydrolysis) is 1. The summed E-state index contributed by atoms with van der Waals surface area (Å²) in [6.45, 7) is 5.69. The maximum atomic E-state index is 12.7. The Bertz CT molecular complexity index is 740. The van der Waals surface area contributed by atoms with E-state index in [1.165, 1.54) is 4.90 Å². The van der Waals surface area contributed by atoms with Crippen LogP contribution in [0.4, 0.5) is 4.79 Å². The minimum atomic E-state index is -0.598. The fraction of sp³-hybridized carbons (Fsp3) is 0.571. The smallest absolute Gasteiger partial charge is 0.407 e. The summed E-state index contributed by atoms with van der Waals surface area (Å²) >= 11 is 0. The minimum Gasteiger partial charge on any atom is -0.444 e. The van der Waals surface area contributed by atoms with Crippen molar-refractivity contribution in [3.8, 4) is 0 Å². The van der Waals surface area contributed by atoms with Crippen LogP contribution in [-0.4, -0.2) is 53.7 Å². The first kappa shape index (κ1) is 20.3. The lowest BCUT2D eigenvalue weighted by Gasteiger charge is -2.41. The van der Waals surface area contributed by atoms with Crippen LogP contribution in [0, 0.1) is 0 Å². The second kappa shape index (κ2) is 7.54. The van der Waals surface area contributed by atoms with Gasteiger partial charge in [-0.25, -0.2) is 4.79 Å². The lowest BCUT2D eigenvalue weighted by Crippen LogP contribution is -2.51. The molecule has 0 saturated heterocycles. The number of nitrogens with zero attached hydrogens (tertiary/aromatic N) is 1. The standard InChI is InChI=1S/C21H28N2O5/c1-20(2,3)28-19(26)22-14-9-11-21(27-4,12-10-14)13-23-17(24)15-7-5-6-8-16(15)18(23)25/h5-8,14H,9-13H2,1-4H3,(H,22,26). The Morgan fingerprint density at radius 3 is 2.14 bits per heavy atom. The van der Waals surface area contributed by atoms with Crippen molar-refractivity contribution >= 4 is 17.9 Å². The third-order valence-corrected chi connectivity index (χ3v) is 5.38. The largest absolute Gasteiger partial charge is 0.444 e. The minimum absolute atomic E-state index is 0.0136. The Labute approximate surface area is 165 Å². The molecule has 1 saturated carbocycles. The Hall–Kier alpha value is -2.41. The van der Waals surface area contributed by atoms with Crippen LogP contribution in [0.15, 0.2) is 24.3 Å². The summed E-state index contributed by atoms with van der Waals surface area (Å²) in [6.07, 6.45) is 2.23. The van der Waals surface area contributed by atoms with E-state index in [-0.39, 0.29) is 24.4 Å². The van der Waals surface area contributed by atoms with Gasteiger partial charge in [0.25, 0.3) is 11.8 Å². The quantitative estimate of drug-likeness (QED) is 0.801. The molecular weight excluding hydrogens is 360 g/mol. The summed E-state index contributed by atoms with van der Waals surface area (Å²) < 4.78 is 11.1. The number of amides is 3. The van der Waals surface area contributed by atoms with Crippen molar-refractivity contribution < 1.29 is 23.9 Å². The molecule has 1 aromatic rings. The highest BCUT2D eigenvalue weighted by Crippen LogP contribution is 2.34. The van der Waals surface area contributed by atoms with Gasteiger partial charge in [0.15, 0.2) is 0 Å². The van der Waals surface area contributed by atoms with Crippen LogP contribution in [0.5, 0.6) is 0 Å². The summed E-state index contributed by atoms with van der Waals surface area (Å²) in [4.78, 5) is 38.6. The highest BCUT2D eigenvalue weighted by atomic mass is 16.6. The molecule has 1 fully saturated rings. The second-order valence-corrected chi connectivity index (χ2v) is 8.55. The van der Waals surface area contributed by atoms with E-state index in [0.29, 0.717) is 36.8 Å².